The molecule has 3 saturated heterocycles. The number of nitrogens with two attached hydrogens (primary N) is 1. The molecular weight excluding hydrogens is 865 g/mol. The number of amides is 7. The molecule has 0 bridgehead atoms. The van der Waals surface area contributed by atoms with Gasteiger partial charge in [-0.1, -0.05) is 89.7 Å². The van der Waals surface area contributed by atoms with Crippen LogP contribution in [0.4, 0.5) is 0 Å². The molecule has 19 nitrogen and oxygen atoms in total. The lowest BCUT2D eigenvalue weighted by Gasteiger charge is -2.32. The number of aromatic hydroxyl groups is 1. The second-order valence-electron chi connectivity index (χ2n) is 18.8. The van der Waals surface area contributed by atoms with E-state index in [-0.39, 0.29) is 76.2 Å². The lowest BCUT2D eigenvalue weighted by Crippen LogP contribution is -2.61. The molecule has 3 heterocycles. The van der Waals surface area contributed by atoms with Crippen molar-refractivity contribution in [3.05, 3.63) is 29.8 Å². The zero-order chi connectivity index (χ0) is 49.0. The van der Waals surface area contributed by atoms with Gasteiger partial charge in [-0.15, -0.1) is 0 Å². The van der Waals surface area contributed by atoms with Crippen LogP contribution in [-0.4, -0.2) is 152 Å². The van der Waals surface area contributed by atoms with Gasteiger partial charge in [-0.05, 0) is 70.1 Å². The first kappa shape index (κ1) is 54.8. The van der Waals surface area contributed by atoms with E-state index in [9.17, 15) is 54.0 Å². The minimum absolute atomic E-state index is 0.0129. The molecule has 0 radical (unpaired) electrons. The van der Waals surface area contributed by atoms with Crippen LogP contribution >= 0.6 is 0 Å². The number of phenols is 1. The predicted octanol–water partition coefficient (Wildman–Crippen LogP) is 0.917. The number of rotatable bonds is 19. The Balaban J connectivity index is 1.55. The van der Waals surface area contributed by atoms with Crippen LogP contribution in [-0.2, 0) is 40.0 Å². The summed E-state index contributed by atoms with van der Waals surface area (Å²) in [6.07, 6.45) is 9.64. The number of nitrogens with zero attached hydrogens (tertiary/aromatic N) is 2. The third kappa shape index (κ3) is 17.3. The number of carbonyl (C=O) groups excluding carboxylic acids is 7. The second-order valence-corrected chi connectivity index (χ2v) is 18.8. The second kappa shape index (κ2) is 27.8. The highest BCUT2D eigenvalue weighted by molar-refractivity contribution is 5.98. The SMILES string of the molecule is CCCCCCCCCCCCCCC(=O)N[C@H]1CCCNC(=O)[C@@H]2C[C@H](N)CN2C(=O)[C@H]([C@@H](C)O)NC(=O)[C@H](CCc2ccc(O)cc2)NC(=O)[C@@H]2C[C@@H](O)CN2C(=O)[C@H]([C@@H](C)O)NC1=O. The van der Waals surface area contributed by atoms with Crippen molar-refractivity contribution in [1.29, 1.82) is 0 Å². The summed E-state index contributed by atoms with van der Waals surface area (Å²) in [5.74, 6) is -5.08. The fourth-order valence-electron chi connectivity index (χ4n) is 9.12. The van der Waals surface area contributed by atoms with Gasteiger partial charge in [0.15, 0.2) is 0 Å². The molecule has 3 aliphatic heterocycles. The zero-order valence-electron chi connectivity index (χ0n) is 39.8. The maximum Gasteiger partial charge on any atom is 0.248 e. The van der Waals surface area contributed by atoms with E-state index in [4.69, 9.17) is 5.73 Å². The number of unbranched alkanes of at least 4 members (excludes halogenated alkanes) is 11. The number of phenolic OH excluding ortho intramolecular Hbond substituents is 1. The maximum absolute atomic E-state index is 14.2. The molecule has 0 aliphatic carbocycles. The molecule has 3 aliphatic rings. The van der Waals surface area contributed by atoms with Crippen molar-refractivity contribution in [2.24, 2.45) is 5.73 Å². The molecule has 3 fully saturated rings. The van der Waals surface area contributed by atoms with Gasteiger partial charge in [-0.25, -0.2) is 0 Å². The summed E-state index contributed by atoms with van der Waals surface area (Å²) < 4.78 is 0. The highest BCUT2D eigenvalue weighted by atomic mass is 16.3. The van der Waals surface area contributed by atoms with E-state index >= 15 is 0 Å². The Morgan fingerprint density at radius 3 is 1.85 bits per heavy atom. The Morgan fingerprint density at radius 1 is 0.731 bits per heavy atom. The lowest BCUT2D eigenvalue weighted by atomic mass is 10.0. The van der Waals surface area contributed by atoms with Crippen LogP contribution in [0.25, 0.3) is 0 Å². The van der Waals surface area contributed by atoms with E-state index in [1.165, 1.54) is 75.8 Å². The number of fused-ring (bicyclic) bond motifs is 2. The van der Waals surface area contributed by atoms with Crippen molar-refractivity contribution in [3.8, 4) is 5.75 Å². The fourth-order valence-corrected chi connectivity index (χ4v) is 9.12. The number of hydrogen-bond acceptors (Lipinski definition) is 12. The minimum atomic E-state index is -1.61. The monoisotopic (exact) mass is 943 g/mol. The predicted molar refractivity (Wildman–Crippen MR) is 250 cm³/mol. The van der Waals surface area contributed by atoms with Crippen molar-refractivity contribution in [1.82, 2.24) is 36.4 Å². The van der Waals surface area contributed by atoms with E-state index in [0.717, 1.165) is 30.6 Å². The van der Waals surface area contributed by atoms with E-state index in [1.54, 1.807) is 12.1 Å². The van der Waals surface area contributed by atoms with Gasteiger partial charge < -0.3 is 62.5 Å². The first-order chi connectivity index (χ1) is 32.0. The van der Waals surface area contributed by atoms with Gasteiger partial charge in [-0.3, -0.25) is 33.6 Å². The number of aliphatic hydroxyl groups is 3. The summed E-state index contributed by atoms with van der Waals surface area (Å²) in [6.45, 7) is 4.42. The van der Waals surface area contributed by atoms with Crippen molar-refractivity contribution in [2.45, 2.75) is 203 Å². The van der Waals surface area contributed by atoms with Gasteiger partial charge in [0, 0.05) is 38.5 Å². The number of aryl methyl sites for hydroxylation is 1. The summed E-state index contributed by atoms with van der Waals surface area (Å²) in [6, 6.07) is -2.59. The Bertz CT molecular complexity index is 1780. The van der Waals surface area contributed by atoms with Crippen LogP contribution in [0.3, 0.4) is 0 Å². The minimum Gasteiger partial charge on any atom is -0.508 e. The standard InChI is InChI=1S/C48H78N8O11/c1-4-5-6-7-8-9-10-11-12-13-14-15-18-40(61)51-36-17-16-25-50-45(64)38-26-33(49)28-55(38)47(66)41(30(2)57)54-44(63)37(24-21-32-19-22-34(59)23-20-32)52-46(65)39-27-35(60)29-56(39)48(67)42(31(3)58)53-43(36)62/h19-20,22-23,30-31,33,35-39,41-42,57-60H,4-18,21,24-29,49H2,1-3H3,(H,50,64)(H,51,61)(H,52,65)(H,53,62)(H,54,63)/t30-,31-,33+,35-,36+,37+,38+,39+,41+,42+/m1/s1. The number of benzene rings is 1. The third-order valence-corrected chi connectivity index (χ3v) is 13.0. The number of nitrogens with one attached hydrogen (secondary N) is 5. The average molecular weight is 943 g/mol. The topological polar surface area (TPSA) is 293 Å². The highest BCUT2D eigenvalue weighted by Gasteiger charge is 2.45. The molecular formula is C48H78N8O11. The smallest absolute Gasteiger partial charge is 0.248 e. The molecule has 0 unspecified atom stereocenters. The van der Waals surface area contributed by atoms with Gasteiger partial charge in [0.1, 0.15) is 42.0 Å². The van der Waals surface area contributed by atoms with Gasteiger partial charge in [0.2, 0.25) is 41.4 Å². The van der Waals surface area contributed by atoms with Gasteiger partial charge in [-0.2, -0.15) is 0 Å². The van der Waals surface area contributed by atoms with Crippen LogP contribution in [0.15, 0.2) is 24.3 Å². The van der Waals surface area contributed by atoms with Crippen molar-refractivity contribution >= 4 is 41.4 Å². The van der Waals surface area contributed by atoms with Crippen molar-refractivity contribution in [3.63, 3.8) is 0 Å². The molecule has 10 atom stereocenters. The maximum atomic E-state index is 14.2. The summed E-state index contributed by atoms with van der Waals surface area (Å²) in [4.78, 5) is 99.8. The lowest BCUT2D eigenvalue weighted by molar-refractivity contribution is -0.145. The average Bonchev–Trinajstić information content (AvgIpc) is 3.89. The molecule has 19 heteroatoms. The Kier molecular flexibility index (Phi) is 22.7. The Morgan fingerprint density at radius 2 is 1.27 bits per heavy atom. The molecule has 1 aromatic rings. The number of carbonyl (C=O) groups is 7. The highest BCUT2D eigenvalue weighted by Crippen LogP contribution is 2.23. The Hall–Kier alpha value is -4.85. The molecule has 0 aromatic heterocycles. The largest absolute Gasteiger partial charge is 0.508 e. The Labute approximate surface area is 395 Å². The first-order valence-corrected chi connectivity index (χ1v) is 24.7. The van der Waals surface area contributed by atoms with Crippen LogP contribution in [0.1, 0.15) is 142 Å². The normalized spacial score (nSPS) is 26.9. The summed E-state index contributed by atoms with van der Waals surface area (Å²) >= 11 is 0. The fraction of sp³-hybridized carbons (Fsp3) is 0.729. The molecule has 67 heavy (non-hydrogen) atoms. The van der Waals surface area contributed by atoms with Crippen LogP contribution in [0, 0.1) is 0 Å². The molecule has 0 saturated carbocycles. The summed E-state index contributed by atoms with van der Waals surface area (Å²) in [5, 5.41) is 55.7. The molecule has 4 rings (SSSR count). The van der Waals surface area contributed by atoms with E-state index in [2.05, 4.69) is 33.5 Å². The third-order valence-electron chi connectivity index (χ3n) is 13.0. The van der Waals surface area contributed by atoms with Crippen LogP contribution in [0.2, 0.25) is 0 Å². The van der Waals surface area contributed by atoms with Gasteiger partial charge in [0.25, 0.3) is 0 Å². The van der Waals surface area contributed by atoms with E-state index in [1.807, 2.05) is 0 Å². The summed E-state index contributed by atoms with van der Waals surface area (Å²) in [7, 11) is 0. The van der Waals surface area contributed by atoms with E-state index in [0.29, 0.717) is 12.0 Å². The van der Waals surface area contributed by atoms with Gasteiger partial charge in [0.05, 0.1) is 18.3 Å². The number of aliphatic hydroxyl groups excluding tert-OH is 3. The quantitative estimate of drug-likeness (QED) is 0.0867. The van der Waals surface area contributed by atoms with Gasteiger partial charge >= 0.3 is 0 Å². The number of hydrogen-bond donors (Lipinski definition) is 10. The molecule has 7 amide bonds. The first-order valence-electron chi connectivity index (χ1n) is 24.7. The zero-order valence-corrected chi connectivity index (χ0v) is 39.8. The van der Waals surface area contributed by atoms with E-state index < -0.39 is 96.0 Å². The van der Waals surface area contributed by atoms with Crippen LogP contribution < -0.4 is 32.3 Å². The van der Waals surface area contributed by atoms with Crippen LogP contribution in [0.5, 0.6) is 5.75 Å². The van der Waals surface area contributed by atoms with Crippen molar-refractivity contribution in [2.75, 3.05) is 19.6 Å². The molecule has 376 valence electrons. The van der Waals surface area contributed by atoms with Crippen molar-refractivity contribution < 1.29 is 54.0 Å². The summed E-state index contributed by atoms with van der Waals surface area (Å²) in [5.41, 5.74) is 6.94. The molecule has 1 aromatic carbocycles. The molecule has 0 spiro atoms. The molecule has 11 N–H and O–H groups in total.